The zero-order valence-corrected chi connectivity index (χ0v) is 11.5. The van der Waals surface area contributed by atoms with Gasteiger partial charge in [0.15, 0.2) is 5.65 Å². The first-order valence-electron chi connectivity index (χ1n) is 6.54. The number of aromatic nitrogens is 3. The highest BCUT2D eigenvalue weighted by atomic mass is 16.6. The standard InChI is InChI=1S/C14H12N4O4/c19-18(20)11-4-6-12(7-5-11)21-9-10-22-14-16-15-13-3-1-2-8-17(13)14/h1-8H,9-10H2. The van der Waals surface area contributed by atoms with Crippen LogP contribution in [0, 0.1) is 10.1 Å². The number of nitro benzene ring substituents is 1. The van der Waals surface area contributed by atoms with E-state index in [4.69, 9.17) is 9.47 Å². The third-order valence-corrected chi connectivity index (χ3v) is 2.91. The molecule has 0 fully saturated rings. The molecule has 0 saturated heterocycles. The van der Waals surface area contributed by atoms with Crippen LogP contribution in [0.4, 0.5) is 5.69 Å². The zero-order chi connectivity index (χ0) is 15.4. The van der Waals surface area contributed by atoms with E-state index in [1.54, 1.807) is 16.5 Å². The van der Waals surface area contributed by atoms with Gasteiger partial charge >= 0.3 is 6.01 Å². The van der Waals surface area contributed by atoms with E-state index in [0.29, 0.717) is 24.0 Å². The Morgan fingerprint density at radius 2 is 1.82 bits per heavy atom. The van der Waals surface area contributed by atoms with Crippen molar-refractivity contribution in [2.75, 3.05) is 13.2 Å². The van der Waals surface area contributed by atoms with Crippen LogP contribution in [0.2, 0.25) is 0 Å². The minimum Gasteiger partial charge on any atom is -0.490 e. The third-order valence-electron chi connectivity index (χ3n) is 2.91. The van der Waals surface area contributed by atoms with E-state index in [1.165, 1.54) is 12.1 Å². The molecule has 2 aromatic heterocycles. The van der Waals surface area contributed by atoms with Crippen molar-refractivity contribution in [2.45, 2.75) is 0 Å². The highest BCUT2D eigenvalue weighted by Gasteiger charge is 2.06. The summed E-state index contributed by atoms with van der Waals surface area (Å²) in [5.41, 5.74) is 0.729. The molecule has 0 amide bonds. The minimum absolute atomic E-state index is 0.0264. The average Bonchev–Trinajstić information content (AvgIpc) is 2.95. The van der Waals surface area contributed by atoms with Crippen LogP contribution in [0.1, 0.15) is 0 Å². The molecule has 0 aliphatic heterocycles. The molecular formula is C14H12N4O4. The van der Waals surface area contributed by atoms with Crippen LogP contribution in [-0.4, -0.2) is 32.7 Å². The largest absolute Gasteiger partial charge is 0.490 e. The Kier molecular flexibility index (Phi) is 3.82. The van der Waals surface area contributed by atoms with Crippen LogP contribution in [0.15, 0.2) is 48.7 Å². The molecule has 8 heteroatoms. The van der Waals surface area contributed by atoms with Gasteiger partial charge in [0, 0.05) is 18.3 Å². The normalized spacial score (nSPS) is 10.5. The van der Waals surface area contributed by atoms with E-state index in [9.17, 15) is 10.1 Å². The first kappa shape index (κ1) is 13.8. The van der Waals surface area contributed by atoms with Crippen molar-refractivity contribution in [1.82, 2.24) is 14.6 Å². The van der Waals surface area contributed by atoms with Crippen molar-refractivity contribution >= 4 is 11.3 Å². The molecule has 0 unspecified atom stereocenters. The molecule has 8 nitrogen and oxygen atoms in total. The summed E-state index contributed by atoms with van der Waals surface area (Å²) in [6.07, 6.45) is 1.81. The summed E-state index contributed by atoms with van der Waals surface area (Å²) in [6, 6.07) is 11.8. The molecular weight excluding hydrogens is 288 g/mol. The number of fused-ring (bicyclic) bond motifs is 1. The Labute approximate surface area is 125 Å². The van der Waals surface area contributed by atoms with E-state index in [2.05, 4.69) is 10.2 Å². The van der Waals surface area contributed by atoms with Crippen LogP contribution in [0.25, 0.3) is 5.65 Å². The monoisotopic (exact) mass is 300 g/mol. The van der Waals surface area contributed by atoms with Crippen molar-refractivity contribution in [3.63, 3.8) is 0 Å². The topological polar surface area (TPSA) is 91.8 Å². The smallest absolute Gasteiger partial charge is 0.321 e. The van der Waals surface area contributed by atoms with Gasteiger partial charge in [0.2, 0.25) is 0 Å². The summed E-state index contributed by atoms with van der Waals surface area (Å²) < 4.78 is 12.7. The summed E-state index contributed by atoms with van der Waals surface area (Å²) in [6.45, 7) is 0.576. The molecule has 0 radical (unpaired) electrons. The molecule has 0 saturated carbocycles. The Bertz CT molecular complexity index is 785. The lowest BCUT2D eigenvalue weighted by molar-refractivity contribution is -0.384. The number of hydrogen-bond donors (Lipinski definition) is 0. The lowest BCUT2D eigenvalue weighted by Crippen LogP contribution is -2.10. The van der Waals surface area contributed by atoms with Gasteiger partial charge in [0.05, 0.1) is 4.92 Å². The van der Waals surface area contributed by atoms with Crippen LogP contribution < -0.4 is 9.47 Å². The maximum atomic E-state index is 10.5. The Hall–Kier alpha value is -3.16. The molecule has 2 heterocycles. The number of hydrogen-bond acceptors (Lipinski definition) is 6. The van der Waals surface area contributed by atoms with Gasteiger partial charge in [-0.1, -0.05) is 11.2 Å². The van der Waals surface area contributed by atoms with Crippen molar-refractivity contribution in [1.29, 1.82) is 0 Å². The van der Waals surface area contributed by atoms with Gasteiger partial charge in [-0.25, -0.2) is 0 Å². The molecule has 0 aliphatic rings. The molecule has 0 aliphatic carbocycles. The van der Waals surface area contributed by atoms with E-state index in [0.717, 1.165) is 0 Å². The number of nitrogens with zero attached hydrogens (tertiary/aromatic N) is 4. The van der Waals surface area contributed by atoms with Crippen LogP contribution in [0.3, 0.4) is 0 Å². The Morgan fingerprint density at radius 3 is 2.59 bits per heavy atom. The second-order valence-corrected chi connectivity index (χ2v) is 4.36. The Morgan fingerprint density at radius 1 is 1.05 bits per heavy atom. The van der Waals surface area contributed by atoms with Gasteiger partial charge in [-0.2, -0.15) is 0 Å². The van der Waals surface area contributed by atoms with E-state index < -0.39 is 4.92 Å². The fourth-order valence-corrected chi connectivity index (χ4v) is 1.87. The van der Waals surface area contributed by atoms with Crippen molar-refractivity contribution in [3.05, 3.63) is 58.8 Å². The van der Waals surface area contributed by atoms with Gasteiger partial charge in [0.25, 0.3) is 5.69 Å². The molecule has 3 aromatic rings. The molecule has 22 heavy (non-hydrogen) atoms. The van der Waals surface area contributed by atoms with Crippen molar-refractivity contribution in [2.24, 2.45) is 0 Å². The van der Waals surface area contributed by atoms with Gasteiger partial charge < -0.3 is 9.47 Å². The van der Waals surface area contributed by atoms with Crippen LogP contribution >= 0.6 is 0 Å². The highest BCUT2D eigenvalue weighted by molar-refractivity contribution is 5.38. The van der Waals surface area contributed by atoms with E-state index >= 15 is 0 Å². The summed E-state index contributed by atoms with van der Waals surface area (Å²) in [7, 11) is 0. The number of ether oxygens (including phenoxy) is 2. The third kappa shape index (κ3) is 2.95. The predicted octanol–water partition coefficient (Wildman–Crippen LogP) is 2.10. The number of rotatable bonds is 6. The fraction of sp³-hybridized carbons (Fsp3) is 0.143. The average molecular weight is 300 g/mol. The second-order valence-electron chi connectivity index (χ2n) is 4.36. The fourth-order valence-electron chi connectivity index (χ4n) is 1.87. The molecule has 3 rings (SSSR count). The van der Waals surface area contributed by atoms with E-state index in [-0.39, 0.29) is 12.3 Å². The molecule has 0 bridgehead atoms. The molecule has 0 spiro atoms. The molecule has 112 valence electrons. The lowest BCUT2D eigenvalue weighted by atomic mass is 10.3. The second kappa shape index (κ2) is 6.08. The summed E-state index contributed by atoms with van der Waals surface area (Å²) in [4.78, 5) is 10.1. The summed E-state index contributed by atoms with van der Waals surface area (Å²) in [5, 5.41) is 18.4. The number of pyridine rings is 1. The number of nitro groups is 1. The van der Waals surface area contributed by atoms with Crippen molar-refractivity contribution < 1.29 is 14.4 Å². The van der Waals surface area contributed by atoms with Crippen molar-refractivity contribution in [3.8, 4) is 11.8 Å². The number of non-ortho nitro benzene ring substituents is 1. The minimum atomic E-state index is -0.455. The lowest BCUT2D eigenvalue weighted by Gasteiger charge is -2.06. The first-order valence-corrected chi connectivity index (χ1v) is 6.54. The van der Waals surface area contributed by atoms with Gasteiger partial charge in [-0.3, -0.25) is 14.5 Å². The SMILES string of the molecule is O=[N+]([O-])c1ccc(OCCOc2nnc3ccccn23)cc1. The molecule has 1 aromatic carbocycles. The van der Waals surface area contributed by atoms with Gasteiger partial charge in [-0.15, -0.1) is 5.10 Å². The highest BCUT2D eigenvalue weighted by Crippen LogP contribution is 2.17. The summed E-state index contributed by atoms with van der Waals surface area (Å²) >= 11 is 0. The molecule has 0 N–H and O–H groups in total. The zero-order valence-electron chi connectivity index (χ0n) is 11.5. The van der Waals surface area contributed by atoms with Gasteiger partial charge in [-0.05, 0) is 24.3 Å². The van der Waals surface area contributed by atoms with Crippen LogP contribution in [0.5, 0.6) is 11.8 Å². The van der Waals surface area contributed by atoms with Crippen LogP contribution in [-0.2, 0) is 0 Å². The summed E-state index contributed by atoms with van der Waals surface area (Å²) in [5.74, 6) is 0.542. The van der Waals surface area contributed by atoms with E-state index in [1.807, 2.05) is 24.4 Å². The first-order chi connectivity index (χ1) is 10.7. The maximum Gasteiger partial charge on any atom is 0.321 e. The predicted molar refractivity (Wildman–Crippen MR) is 77.1 cm³/mol. The molecule has 0 atom stereocenters. The number of benzene rings is 1. The quantitative estimate of drug-likeness (QED) is 0.393. The Balaban J connectivity index is 1.52. The van der Waals surface area contributed by atoms with Gasteiger partial charge in [0.1, 0.15) is 19.0 Å². The maximum absolute atomic E-state index is 10.5.